The molecule has 0 spiro atoms. The molecule has 3 heterocycles. The maximum Gasteiger partial charge on any atom is 0.147 e. The van der Waals surface area contributed by atoms with Crippen molar-refractivity contribution < 1.29 is 0 Å². The highest BCUT2D eigenvalue weighted by Gasteiger charge is 2.23. The van der Waals surface area contributed by atoms with Crippen molar-refractivity contribution in [3.63, 3.8) is 0 Å². The lowest BCUT2D eigenvalue weighted by Crippen LogP contribution is -2.33. The first-order chi connectivity index (χ1) is 10.4. The molecule has 0 saturated carbocycles. The number of benzene rings is 1. The summed E-state index contributed by atoms with van der Waals surface area (Å²) < 4.78 is 0. The molecule has 1 aliphatic rings. The number of nitrogens with one attached hydrogen (secondary N) is 1. The largest absolute Gasteiger partial charge is 0.355 e. The van der Waals surface area contributed by atoms with Crippen LogP contribution >= 0.6 is 0 Å². The molecule has 1 aromatic carbocycles. The Morgan fingerprint density at radius 1 is 1.10 bits per heavy atom. The molecule has 3 aromatic rings. The first-order valence-corrected chi connectivity index (χ1v) is 7.36. The summed E-state index contributed by atoms with van der Waals surface area (Å²) in [4.78, 5) is 19.0. The van der Waals surface area contributed by atoms with Crippen LogP contribution in [0.2, 0.25) is 0 Å². The molecule has 1 fully saturated rings. The van der Waals surface area contributed by atoms with Gasteiger partial charge in [0.05, 0.1) is 17.2 Å². The number of rotatable bonds is 2. The average molecular weight is 279 g/mol. The number of piperidine rings is 1. The van der Waals surface area contributed by atoms with E-state index in [1.54, 1.807) is 12.4 Å². The summed E-state index contributed by atoms with van der Waals surface area (Å²) in [5, 5.41) is 0. The lowest BCUT2D eigenvalue weighted by molar-refractivity contribution is 0.487. The van der Waals surface area contributed by atoms with E-state index >= 15 is 0 Å². The van der Waals surface area contributed by atoms with Crippen LogP contribution in [0, 0.1) is 0 Å². The zero-order valence-corrected chi connectivity index (χ0v) is 11.7. The Balaban J connectivity index is 1.50. The second kappa shape index (κ2) is 5.16. The number of anilines is 1. The molecular weight excluding hydrogens is 262 g/mol. The molecule has 1 aliphatic heterocycles. The molecule has 0 amide bonds. The van der Waals surface area contributed by atoms with Crippen LogP contribution in [-0.2, 0) is 0 Å². The number of hydrogen-bond acceptors (Lipinski definition) is 4. The Hall–Kier alpha value is -2.43. The summed E-state index contributed by atoms with van der Waals surface area (Å²) in [6.07, 6.45) is 7.49. The van der Waals surface area contributed by atoms with Gasteiger partial charge in [-0.05, 0) is 25.0 Å². The molecule has 4 rings (SSSR count). The number of para-hydroxylation sites is 2. The van der Waals surface area contributed by atoms with Crippen molar-refractivity contribution in [1.82, 2.24) is 19.9 Å². The summed E-state index contributed by atoms with van der Waals surface area (Å²) in [5.74, 6) is 2.60. The molecule has 0 aliphatic carbocycles. The van der Waals surface area contributed by atoms with Gasteiger partial charge in [0.2, 0.25) is 0 Å². The molecule has 0 atom stereocenters. The van der Waals surface area contributed by atoms with E-state index < -0.39 is 0 Å². The highest BCUT2D eigenvalue weighted by molar-refractivity contribution is 5.74. The third-order valence-electron chi connectivity index (χ3n) is 4.16. The van der Waals surface area contributed by atoms with Gasteiger partial charge in [0.15, 0.2) is 0 Å². The normalized spacial score (nSPS) is 16.5. The number of imidazole rings is 1. The Bertz CT molecular complexity index is 696. The fourth-order valence-corrected chi connectivity index (χ4v) is 3.00. The minimum absolute atomic E-state index is 0.505. The van der Waals surface area contributed by atoms with Crippen molar-refractivity contribution in [2.45, 2.75) is 18.8 Å². The van der Waals surface area contributed by atoms with Crippen LogP contribution in [0.25, 0.3) is 11.0 Å². The topological polar surface area (TPSA) is 57.7 Å². The fraction of sp³-hybridized carbons (Fsp3) is 0.312. The predicted octanol–water partition coefficient (Wildman–Crippen LogP) is 2.74. The van der Waals surface area contributed by atoms with Gasteiger partial charge < -0.3 is 9.88 Å². The number of aromatic amines is 1. The van der Waals surface area contributed by atoms with Gasteiger partial charge in [-0.3, -0.25) is 4.98 Å². The number of nitrogens with zero attached hydrogens (tertiary/aromatic N) is 4. The van der Waals surface area contributed by atoms with Crippen molar-refractivity contribution in [2.75, 3.05) is 18.0 Å². The van der Waals surface area contributed by atoms with Crippen molar-refractivity contribution in [3.05, 3.63) is 48.7 Å². The second-order valence-corrected chi connectivity index (χ2v) is 5.46. The molecule has 1 saturated heterocycles. The molecule has 2 aromatic heterocycles. The van der Waals surface area contributed by atoms with Gasteiger partial charge in [-0.25, -0.2) is 9.97 Å². The monoisotopic (exact) mass is 279 g/mol. The van der Waals surface area contributed by atoms with E-state index in [2.05, 4.69) is 32.0 Å². The number of aromatic nitrogens is 4. The quantitative estimate of drug-likeness (QED) is 0.783. The van der Waals surface area contributed by atoms with Crippen LogP contribution in [0.15, 0.2) is 42.9 Å². The molecule has 5 nitrogen and oxygen atoms in total. The minimum atomic E-state index is 0.505. The molecule has 5 heteroatoms. The van der Waals surface area contributed by atoms with Gasteiger partial charge in [-0.15, -0.1) is 0 Å². The zero-order valence-electron chi connectivity index (χ0n) is 11.7. The van der Waals surface area contributed by atoms with Crippen LogP contribution in [-0.4, -0.2) is 33.0 Å². The maximum absolute atomic E-state index is 4.73. The molecule has 0 bridgehead atoms. The first kappa shape index (κ1) is 12.3. The van der Waals surface area contributed by atoms with Crippen LogP contribution in [0.1, 0.15) is 24.6 Å². The summed E-state index contributed by atoms with van der Waals surface area (Å²) in [7, 11) is 0. The lowest BCUT2D eigenvalue weighted by atomic mass is 9.96. The number of fused-ring (bicyclic) bond motifs is 1. The summed E-state index contributed by atoms with van der Waals surface area (Å²) >= 11 is 0. The molecule has 21 heavy (non-hydrogen) atoms. The number of hydrogen-bond donors (Lipinski definition) is 1. The molecule has 106 valence electrons. The highest BCUT2D eigenvalue weighted by Crippen LogP contribution is 2.29. The van der Waals surface area contributed by atoms with Crippen LogP contribution in [0.4, 0.5) is 5.82 Å². The van der Waals surface area contributed by atoms with Gasteiger partial charge in [0.1, 0.15) is 11.6 Å². The van der Waals surface area contributed by atoms with Crippen LogP contribution in [0.3, 0.4) is 0 Å². The van der Waals surface area contributed by atoms with Gasteiger partial charge >= 0.3 is 0 Å². The lowest BCUT2D eigenvalue weighted by Gasteiger charge is -2.31. The summed E-state index contributed by atoms with van der Waals surface area (Å²) in [5.41, 5.74) is 2.19. The SMILES string of the molecule is c1ccc2[nH]c(C3CCN(c4cnccn4)CC3)nc2c1. The van der Waals surface area contributed by atoms with E-state index in [9.17, 15) is 0 Å². The van der Waals surface area contributed by atoms with E-state index in [0.29, 0.717) is 5.92 Å². The van der Waals surface area contributed by atoms with Gasteiger partial charge in [0, 0.05) is 31.4 Å². The van der Waals surface area contributed by atoms with E-state index in [-0.39, 0.29) is 0 Å². The van der Waals surface area contributed by atoms with Gasteiger partial charge in [-0.1, -0.05) is 12.1 Å². The van der Waals surface area contributed by atoms with E-state index in [4.69, 9.17) is 4.98 Å². The van der Waals surface area contributed by atoms with Crippen molar-refractivity contribution in [1.29, 1.82) is 0 Å². The highest BCUT2D eigenvalue weighted by atomic mass is 15.2. The van der Waals surface area contributed by atoms with Gasteiger partial charge in [-0.2, -0.15) is 0 Å². The van der Waals surface area contributed by atoms with E-state index in [1.807, 2.05) is 18.3 Å². The van der Waals surface area contributed by atoms with Crippen molar-refractivity contribution in [3.8, 4) is 0 Å². The van der Waals surface area contributed by atoms with Gasteiger partial charge in [0.25, 0.3) is 0 Å². The minimum Gasteiger partial charge on any atom is -0.355 e. The van der Waals surface area contributed by atoms with Crippen molar-refractivity contribution >= 4 is 16.9 Å². The Morgan fingerprint density at radius 3 is 2.71 bits per heavy atom. The maximum atomic E-state index is 4.73. The third kappa shape index (κ3) is 2.35. The van der Waals surface area contributed by atoms with Crippen LogP contribution < -0.4 is 4.90 Å². The third-order valence-corrected chi connectivity index (χ3v) is 4.16. The number of H-pyrrole nitrogens is 1. The Labute approximate surface area is 123 Å². The van der Waals surface area contributed by atoms with Crippen molar-refractivity contribution in [2.24, 2.45) is 0 Å². The zero-order chi connectivity index (χ0) is 14.1. The summed E-state index contributed by atoms with van der Waals surface area (Å²) in [6.45, 7) is 2.00. The molecular formula is C16H17N5. The van der Waals surface area contributed by atoms with Crippen LogP contribution in [0.5, 0.6) is 0 Å². The van der Waals surface area contributed by atoms with E-state index in [0.717, 1.165) is 48.6 Å². The first-order valence-electron chi connectivity index (χ1n) is 7.36. The standard InChI is InChI=1S/C16H17N5/c1-2-4-14-13(3-1)19-16(20-14)12-5-9-21(10-6-12)15-11-17-7-8-18-15/h1-4,7-8,11-12H,5-6,9-10H2,(H,19,20). The fourth-order valence-electron chi connectivity index (χ4n) is 3.00. The smallest absolute Gasteiger partial charge is 0.147 e. The van der Waals surface area contributed by atoms with E-state index in [1.165, 1.54) is 0 Å². The Morgan fingerprint density at radius 2 is 1.95 bits per heavy atom. The Kier molecular flexibility index (Phi) is 3.03. The predicted molar refractivity (Wildman–Crippen MR) is 82.3 cm³/mol. The molecule has 0 unspecified atom stereocenters. The average Bonchev–Trinajstić information content (AvgIpc) is 3.00. The molecule has 0 radical (unpaired) electrons. The molecule has 1 N–H and O–H groups in total. The summed E-state index contributed by atoms with van der Waals surface area (Å²) in [6, 6.07) is 8.22. The second-order valence-electron chi connectivity index (χ2n) is 5.46.